The van der Waals surface area contributed by atoms with Crippen LogP contribution in [0.1, 0.15) is 31.7 Å². The number of rotatable bonds is 0. The molecule has 3 nitrogen and oxygen atoms in total. The van der Waals surface area contributed by atoms with Crippen molar-refractivity contribution in [2.45, 2.75) is 34.1 Å². The van der Waals surface area contributed by atoms with E-state index in [0.29, 0.717) is 0 Å². The molecule has 19 heavy (non-hydrogen) atoms. The van der Waals surface area contributed by atoms with Crippen LogP contribution in [-0.2, 0) is 21.7 Å². The van der Waals surface area contributed by atoms with Gasteiger partial charge in [0.15, 0.2) is 0 Å². The second kappa shape index (κ2) is 19.7. The van der Waals surface area contributed by atoms with Gasteiger partial charge in [0.2, 0.25) is 0 Å². The first-order valence-corrected chi connectivity index (χ1v) is 6.12. The average Bonchev–Trinajstić information content (AvgIpc) is 2.95. The van der Waals surface area contributed by atoms with Crippen molar-refractivity contribution in [3.63, 3.8) is 0 Å². The molecule has 1 aromatic heterocycles. The van der Waals surface area contributed by atoms with E-state index >= 15 is 0 Å². The molecule has 106 valence electrons. The summed E-state index contributed by atoms with van der Waals surface area (Å²) in [6.45, 7) is 7.85. The number of aliphatic hydroxyl groups excluding tert-OH is 2. The maximum Gasteiger partial charge on any atom is 2.00 e. The molecule has 0 saturated carbocycles. The Bertz CT molecular complexity index is 291. The second-order valence-electron chi connectivity index (χ2n) is 3.36. The zero-order valence-electron chi connectivity index (χ0n) is 12.3. The normalized spacial score (nSPS) is 10.0. The predicted octanol–water partition coefficient (Wildman–Crippen LogP) is 2.72. The Kier molecular flexibility index (Phi) is 24.4. The maximum absolute atomic E-state index is 7.57. The van der Waals surface area contributed by atoms with E-state index in [1.165, 1.54) is 0 Å². The quantitative estimate of drug-likeness (QED) is 0.572. The van der Waals surface area contributed by atoms with Crippen molar-refractivity contribution in [1.29, 1.82) is 0 Å². The van der Waals surface area contributed by atoms with Crippen LogP contribution in [0.15, 0.2) is 30.4 Å². The third-order valence-electron chi connectivity index (χ3n) is 1.50. The van der Waals surface area contributed by atoms with Crippen LogP contribution in [0.25, 0.3) is 0 Å². The van der Waals surface area contributed by atoms with Crippen LogP contribution in [0.2, 0.25) is 0 Å². The van der Waals surface area contributed by atoms with E-state index in [9.17, 15) is 0 Å². The first kappa shape index (κ1) is 23.5. The van der Waals surface area contributed by atoms with Crippen LogP contribution >= 0.6 is 0 Å². The summed E-state index contributed by atoms with van der Waals surface area (Å²) in [7, 11) is 0. The van der Waals surface area contributed by atoms with Crippen LogP contribution in [0, 0.1) is 19.9 Å². The molecule has 2 rings (SSSR count). The molecule has 1 aliphatic carbocycles. The van der Waals surface area contributed by atoms with E-state index in [2.05, 4.69) is 17.1 Å². The second-order valence-corrected chi connectivity index (χ2v) is 3.36. The van der Waals surface area contributed by atoms with Gasteiger partial charge in [-0.05, 0) is 13.8 Å². The Balaban J connectivity index is -0.000000190. The Morgan fingerprint density at radius 3 is 1.95 bits per heavy atom. The molecular formula is C15H25NO2Ti. The number of nitrogens with zero attached hydrogens (tertiary/aromatic N) is 1. The number of aryl methyl sites for hydroxylation is 2. The molecule has 1 aliphatic rings. The van der Waals surface area contributed by atoms with E-state index in [1.54, 1.807) is 13.8 Å². The molecule has 0 amide bonds. The van der Waals surface area contributed by atoms with E-state index < -0.39 is 0 Å². The van der Waals surface area contributed by atoms with E-state index in [4.69, 9.17) is 10.2 Å². The number of aliphatic hydroxyl groups is 2. The Hall–Kier alpha value is -0.606. The van der Waals surface area contributed by atoms with E-state index in [-0.39, 0.29) is 34.9 Å². The summed E-state index contributed by atoms with van der Waals surface area (Å²) in [4.78, 5) is 4.11. The van der Waals surface area contributed by atoms with Gasteiger partial charge < -0.3 is 15.2 Å². The summed E-state index contributed by atoms with van der Waals surface area (Å²) < 4.78 is 0. The Morgan fingerprint density at radius 1 is 1.32 bits per heavy atom. The molecule has 0 spiro atoms. The standard InChI is InChI=1S/C6H8N.C5H5.2C2H6O.Ti/c1-5-3-4-6(2)7-5;1-2-4-5-3-1;2*1-2-3;/h3-4H,1-2H3;1-3H,4H2;2*3H,2H2,1H3;/q2*-1;;;+2. The minimum absolute atomic E-state index is 0. The van der Waals surface area contributed by atoms with Crippen molar-refractivity contribution in [2.75, 3.05) is 13.2 Å². The molecule has 0 radical (unpaired) electrons. The van der Waals surface area contributed by atoms with Gasteiger partial charge in [-0.1, -0.05) is 19.5 Å². The average molecular weight is 299 g/mol. The van der Waals surface area contributed by atoms with Crippen LogP contribution in [0.5, 0.6) is 0 Å². The van der Waals surface area contributed by atoms with Crippen LogP contribution in [0.4, 0.5) is 0 Å². The van der Waals surface area contributed by atoms with Gasteiger partial charge in [-0.15, -0.1) is 12.1 Å². The van der Waals surface area contributed by atoms with Crippen molar-refractivity contribution >= 4 is 0 Å². The third kappa shape index (κ3) is 23.0. The minimum Gasteiger partial charge on any atom is -0.397 e. The number of hydrogen-bond donors (Lipinski definition) is 2. The van der Waals surface area contributed by atoms with Crippen molar-refractivity contribution in [3.8, 4) is 0 Å². The van der Waals surface area contributed by atoms with Gasteiger partial charge in [-0.25, -0.2) is 12.2 Å². The topological polar surface area (TPSA) is 53.4 Å². The smallest absolute Gasteiger partial charge is 0.397 e. The van der Waals surface area contributed by atoms with Gasteiger partial charge in [0.25, 0.3) is 0 Å². The molecule has 1 aromatic rings. The van der Waals surface area contributed by atoms with Crippen LogP contribution in [-0.4, -0.2) is 28.4 Å². The van der Waals surface area contributed by atoms with Crippen molar-refractivity contribution in [2.24, 2.45) is 0 Å². The molecule has 0 saturated heterocycles. The first-order chi connectivity index (χ1) is 8.62. The predicted molar refractivity (Wildman–Crippen MR) is 76.4 cm³/mol. The van der Waals surface area contributed by atoms with Gasteiger partial charge in [-0.3, -0.25) is 6.08 Å². The van der Waals surface area contributed by atoms with Crippen LogP contribution < -0.4 is 0 Å². The zero-order chi connectivity index (χ0) is 14.2. The molecule has 1 heterocycles. The van der Waals surface area contributed by atoms with Gasteiger partial charge in [0.1, 0.15) is 0 Å². The van der Waals surface area contributed by atoms with Gasteiger partial charge in [0, 0.05) is 13.2 Å². The van der Waals surface area contributed by atoms with E-state index in [1.807, 2.05) is 38.1 Å². The molecule has 0 aromatic carbocycles. The van der Waals surface area contributed by atoms with Crippen molar-refractivity contribution in [3.05, 3.63) is 47.8 Å². The molecule has 0 unspecified atom stereocenters. The SMILES string of the molecule is CCO.CCO.Cc1cc[c-](C)n1.[C-]1=CC=CC1.[Ti+2]. The molecule has 4 heteroatoms. The maximum atomic E-state index is 7.57. The number of aromatic nitrogens is 1. The molecule has 2 N–H and O–H groups in total. The fourth-order valence-corrected chi connectivity index (χ4v) is 0.934. The minimum atomic E-state index is 0. The van der Waals surface area contributed by atoms with Gasteiger partial charge in [0.05, 0.1) is 0 Å². The summed E-state index contributed by atoms with van der Waals surface area (Å²) >= 11 is 0. The summed E-state index contributed by atoms with van der Waals surface area (Å²) in [5.74, 6) is 0. The van der Waals surface area contributed by atoms with Gasteiger partial charge in [-0.2, -0.15) is 18.2 Å². The fourth-order valence-electron chi connectivity index (χ4n) is 0.934. The molecule has 0 bridgehead atoms. The number of allylic oxidation sites excluding steroid dienone is 4. The van der Waals surface area contributed by atoms with Gasteiger partial charge >= 0.3 is 21.7 Å². The summed E-state index contributed by atoms with van der Waals surface area (Å²) in [5.41, 5.74) is 2.22. The largest absolute Gasteiger partial charge is 2.00 e. The van der Waals surface area contributed by atoms with Crippen molar-refractivity contribution in [1.82, 2.24) is 4.98 Å². The molecule has 0 fully saturated rings. The molecular weight excluding hydrogens is 274 g/mol. The summed E-state index contributed by atoms with van der Waals surface area (Å²) in [5, 5.41) is 15.1. The molecule has 0 aliphatic heterocycles. The third-order valence-corrected chi connectivity index (χ3v) is 1.50. The fraction of sp³-hybridized carbons (Fsp3) is 0.467. The van der Waals surface area contributed by atoms with Crippen LogP contribution in [0.3, 0.4) is 0 Å². The van der Waals surface area contributed by atoms with Crippen molar-refractivity contribution < 1.29 is 31.9 Å². The zero-order valence-corrected chi connectivity index (χ0v) is 13.9. The molecule has 0 atom stereocenters. The Labute approximate surface area is 132 Å². The summed E-state index contributed by atoms with van der Waals surface area (Å²) in [6.07, 6.45) is 10.0. The summed E-state index contributed by atoms with van der Waals surface area (Å²) in [6, 6.07) is 4.02. The van der Waals surface area contributed by atoms with E-state index in [0.717, 1.165) is 17.8 Å². The Morgan fingerprint density at radius 2 is 1.84 bits per heavy atom. The first-order valence-electron chi connectivity index (χ1n) is 6.12. The number of hydrogen-bond acceptors (Lipinski definition) is 3. The monoisotopic (exact) mass is 299 g/mol.